The number of fused-ring (bicyclic) bond motifs is 5. The summed E-state index contributed by atoms with van der Waals surface area (Å²) in [7, 11) is 0. The molecule has 2 aromatic rings. The number of amides is 3. The highest BCUT2D eigenvalue weighted by atomic mass is 16.3. The third-order valence-corrected chi connectivity index (χ3v) is 6.42. The largest absolute Gasteiger partial charge is 0.504 e. The molecule has 5 atom stereocenters. The van der Waals surface area contributed by atoms with Crippen LogP contribution in [0.5, 0.6) is 5.75 Å². The highest BCUT2D eigenvalue weighted by Crippen LogP contribution is 2.53. The molecule has 5 unspecified atom stereocenters. The van der Waals surface area contributed by atoms with E-state index in [4.69, 9.17) is 0 Å². The first-order valence-corrected chi connectivity index (χ1v) is 10.1. The van der Waals surface area contributed by atoms with Gasteiger partial charge in [0.05, 0.1) is 11.8 Å². The van der Waals surface area contributed by atoms with Crippen LogP contribution in [-0.2, 0) is 20.8 Å². The molecule has 2 heterocycles. The predicted molar refractivity (Wildman–Crippen MR) is 108 cm³/mol. The SMILES string of the molecule is O=C(Nc1ncccc1O)C(Cc1ccccc1)N1C(=O)C2C3C=CC(C3)C2C1=O. The fourth-order valence-corrected chi connectivity index (χ4v) is 5.06. The second-order valence-corrected chi connectivity index (χ2v) is 8.11. The number of likely N-dealkylation sites (tertiary alicyclic amines) is 1. The molecular formula is C23H21N3O4. The van der Waals surface area contributed by atoms with Crippen LogP contribution in [0.2, 0.25) is 0 Å². The van der Waals surface area contributed by atoms with Crippen LogP contribution in [-0.4, -0.2) is 38.8 Å². The maximum atomic E-state index is 13.3. The Balaban J connectivity index is 1.47. The van der Waals surface area contributed by atoms with Gasteiger partial charge in [-0.15, -0.1) is 0 Å². The molecule has 30 heavy (non-hydrogen) atoms. The van der Waals surface area contributed by atoms with Gasteiger partial charge in [0, 0.05) is 12.6 Å². The second kappa shape index (κ2) is 7.09. The molecule has 1 aromatic heterocycles. The van der Waals surface area contributed by atoms with Gasteiger partial charge in [0.2, 0.25) is 17.7 Å². The van der Waals surface area contributed by atoms with Crippen LogP contribution in [0.3, 0.4) is 0 Å². The number of carbonyl (C=O) groups excluding carboxylic acids is 3. The monoisotopic (exact) mass is 403 g/mol. The average Bonchev–Trinajstić information content (AvgIpc) is 3.43. The number of aromatic hydroxyl groups is 1. The zero-order valence-electron chi connectivity index (χ0n) is 16.1. The summed E-state index contributed by atoms with van der Waals surface area (Å²) in [6, 6.07) is 11.2. The number of benzene rings is 1. The van der Waals surface area contributed by atoms with E-state index in [1.165, 1.54) is 12.3 Å². The van der Waals surface area contributed by atoms with Crippen molar-refractivity contribution in [3.63, 3.8) is 0 Å². The maximum Gasteiger partial charge on any atom is 0.249 e. The van der Waals surface area contributed by atoms with Crippen molar-refractivity contribution >= 4 is 23.5 Å². The van der Waals surface area contributed by atoms with Gasteiger partial charge < -0.3 is 10.4 Å². The maximum absolute atomic E-state index is 13.3. The highest BCUT2D eigenvalue weighted by Gasteiger charge is 2.61. The number of nitrogens with one attached hydrogen (secondary N) is 1. The average molecular weight is 403 g/mol. The number of allylic oxidation sites excluding steroid dienone is 2. The fourth-order valence-electron chi connectivity index (χ4n) is 5.06. The summed E-state index contributed by atoms with van der Waals surface area (Å²) in [6.45, 7) is 0. The van der Waals surface area contributed by atoms with E-state index in [-0.39, 0.29) is 53.5 Å². The van der Waals surface area contributed by atoms with Gasteiger partial charge in [-0.2, -0.15) is 0 Å². The van der Waals surface area contributed by atoms with E-state index in [0.29, 0.717) is 0 Å². The van der Waals surface area contributed by atoms with E-state index in [0.717, 1.165) is 16.9 Å². The van der Waals surface area contributed by atoms with Gasteiger partial charge in [0.1, 0.15) is 6.04 Å². The molecule has 2 aliphatic carbocycles. The number of pyridine rings is 1. The first kappa shape index (κ1) is 18.5. The van der Waals surface area contributed by atoms with Crippen LogP contribution in [0.15, 0.2) is 60.8 Å². The van der Waals surface area contributed by atoms with Crippen molar-refractivity contribution in [1.82, 2.24) is 9.88 Å². The number of hydrogen-bond donors (Lipinski definition) is 2. The highest BCUT2D eigenvalue weighted by molar-refractivity contribution is 6.11. The summed E-state index contributed by atoms with van der Waals surface area (Å²) in [5.74, 6) is -1.88. The molecule has 2 fully saturated rings. The zero-order valence-corrected chi connectivity index (χ0v) is 16.1. The molecule has 0 spiro atoms. The molecule has 2 bridgehead atoms. The number of anilines is 1. The van der Waals surface area contributed by atoms with Gasteiger partial charge in [-0.05, 0) is 36.0 Å². The summed E-state index contributed by atoms with van der Waals surface area (Å²) in [6.07, 6.45) is 6.52. The van der Waals surface area contributed by atoms with Gasteiger partial charge in [-0.1, -0.05) is 42.5 Å². The van der Waals surface area contributed by atoms with Crippen LogP contribution < -0.4 is 5.32 Å². The van der Waals surface area contributed by atoms with E-state index in [2.05, 4.69) is 10.3 Å². The van der Waals surface area contributed by atoms with E-state index >= 15 is 0 Å². The lowest BCUT2D eigenvalue weighted by Crippen LogP contribution is -2.49. The number of aromatic nitrogens is 1. The van der Waals surface area contributed by atoms with Crippen LogP contribution in [0.4, 0.5) is 5.82 Å². The van der Waals surface area contributed by atoms with Crippen molar-refractivity contribution in [1.29, 1.82) is 0 Å². The van der Waals surface area contributed by atoms with Crippen molar-refractivity contribution in [3.05, 3.63) is 66.4 Å². The van der Waals surface area contributed by atoms with Gasteiger partial charge in [-0.3, -0.25) is 19.3 Å². The lowest BCUT2D eigenvalue weighted by Gasteiger charge is -2.27. The van der Waals surface area contributed by atoms with Crippen LogP contribution in [0.1, 0.15) is 12.0 Å². The number of hydrogen-bond acceptors (Lipinski definition) is 5. The number of nitrogens with zero attached hydrogens (tertiary/aromatic N) is 2. The Kier molecular flexibility index (Phi) is 4.38. The van der Waals surface area contributed by atoms with Crippen LogP contribution in [0.25, 0.3) is 0 Å². The van der Waals surface area contributed by atoms with Gasteiger partial charge >= 0.3 is 0 Å². The normalized spacial score (nSPS) is 27.4. The first-order valence-electron chi connectivity index (χ1n) is 10.1. The molecule has 1 aliphatic heterocycles. The molecular weight excluding hydrogens is 382 g/mol. The summed E-state index contributed by atoms with van der Waals surface area (Å²) < 4.78 is 0. The Bertz CT molecular complexity index is 1020. The number of carbonyl (C=O) groups is 3. The Morgan fingerprint density at radius 2 is 1.73 bits per heavy atom. The Morgan fingerprint density at radius 1 is 1.07 bits per heavy atom. The van der Waals surface area contributed by atoms with Crippen molar-refractivity contribution < 1.29 is 19.5 Å². The van der Waals surface area contributed by atoms with Crippen molar-refractivity contribution in [2.45, 2.75) is 18.9 Å². The molecule has 152 valence electrons. The molecule has 3 aliphatic rings. The summed E-state index contributed by atoms with van der Waals surface area (Å²) in [5, 5.41) is 12.6. The molecule has 7 heteroatoms. The smallest absolute Gasteiger partial charge is 0.249 e. The minimum Gasteiger partial charge on any atom is -0.504 e. The molecule has 0 radical (unpaired) electrons. The number of rotatable bonds is 5. The van der Waals surface area contributed by atoms with Gasteiger partial charge in [0.25, 0.3) is 0 Å². The fraction of sp³-hybridized carbons (Fsp3) is 0.304. The summed E-state index contributed by atoms with van der Waals surface area (Å²) in [4.78, 5) is 44.9. The van der Waals surface area contributed by atoms with Crippen molar-refractivity contribution in [2.24, 2.45) is 23.7 Å². The van der Waals surface area contributed by atoms with Gasteiger partial charge in [-0.25, -0.2) is 4.98 Å². The molecule has 5 rings (SSSR count). The molecule has 1 aromatic carbocycles. The summed E-state index contributed by atoms with van der Waals surface area (Å²) >= 11 is 0. The van der Waals surface area contributed by atoms with Crippen molar-refractivity contribution in [3.8, 4) is 5.75 Å². The molecule has 3 amide bonds. The van der Waals surface area contributed by atoms with Crippen LogP contribution >= 0.6 is 0 Å². The zero-order chi connectivity index (χ0) is 20.8. The van der Waals surface area contributed by atoms with E-state index in [9.17, 15) is 19.5 Å². The van der Waals surface area contributed by atoms with Crippen LogP contribution in [0, 0.1) is 23.7 Å². The molecule has 1 saturated heterocycles. The van der Waals surface area contributed by atoms with E-state index in [1.807, 2.05) is 42.5 Å². The first-order chi connectivity index (χ1) is 14.5. The molecule has 2 N–H and O–H groups in total. The lowest BCUT2D eigenvalue weighted by molar-refractivity contribution is -0.147. The third kappa shape index (κ3) is 2.89. The third-order valence-electron chi connectivity index (χ3n) is 6.42. The quantitative estimate of drug-likeness (QED) is 0.589. The molecule has 7 nitrogen and oxygen atoms in total. The lowest BCUT2D eigenvalue weighted by atomic mass is 9.85. The van der Waals surface area contributed by atoms with Crippen molar-refractivity contribution in [2.75, 3.05) is 5.32 Å². The van der Waals surface area contributed by atoms with E-state index < -0.39 is 11.9 Å². The Hall–Kier alpha value is -3.48. The second-order valence-electron chi connectivity index (χ2n) is 8.11. The Labute approximate surface area is 173 Å². The van der Waals surface area contributed by atoms with E-state index in [1.54, 1.807) is 6.07 Å². The Morgan fingerprint density at radius 3 is 2.37 bits per heavy atom. The number of imide groups is 1. The minimum atomic E-state index is -1.01. The topological polar surface area (TPSA) is 99.6 Å². The molecule has 1 saturated carbocycles. The van der Waals surface area contributed by atoms with Gasteiger partial charge in [0.15, 0.2) is 11.6 Å². The standard InChI is InChI=1S/C23H21N3O4/c27-17-7-4-10-24-20(17)25-21(28)16(11-13-5-2-1-3-6-13)26-22(29)18-14-8-9-15(12-14)19(18)23(26)30/h1-10,14-16,18-19,27H,11-12H2,(H,24,25,28). The minimum absolute atomic E-state index is 0.00147. The predicted octanol–water partition coefficient (Wildman–Crippen LogP) is 2.14. The summed E-state index contributed by atoms with van der Waals surface area (Å²) in [5.41, 5.74) is 0.835.